The first kappa shape index (κ1) is 13.4. The summed E-state index contributed by atoms with van der Waals surface area (Å²) in [6.07, 6.45) is 2.40. The highest BCUT2D eigenvalue weighted by Crippen LogP contribution is 2.22. The molecule has 1 unspecified atom stereocenters. The van der Waals surface area contributed by atoms with Crippen LogP contribution >= 0.6 is 0 Å². The first-order valence-electron chi connectivity index (χ1n) is 5.55. The summed E-state index contributed by atoms with van der Waals surface area (Å²) in [5.41, 5.74) is 0. The standard InChI is InChI=1S/C10H19N3O2S/c1-9(2)12(3)16(14,15)13-7-5-4-6-10(13)8-11/h9-10H,4-7H2,1-3H3. The summed E-state index contributed by atoms with van der Waals surface area (Å²) in [5, 5.41) is 8.97. The van der Waals surface area contributed by atoms with Gasteiger partial charge in [0.15, 0.2) is 0 Å². The van der Waals surface area contributed by atoms with Crippen molar-refractivity contribution in [3.8, 4) is 6.07 Å². The zero-order valence-corrected chi connectivity index (χ0v) is 10.9. The quantitative estimate of drug-likeness (QED) is 0.743. The minimum Gasteiger partial charge on any atom is -0.197 e. The molecule has 0 amide bonds. The van der Waals surface area contributed by atoms with Crippen molar-refractivity contribution in [2.24, 2.45) is 0 Å². The van der Waals surface area contributed by atoms with E-state index in [2.05, 4.69) is 6.07 Å². The predicted molar refractivity (Wildman–Crippen MR) is 61.8 cm³/mol. The maximum Gasteiger partial charge on any atom is 0.283 e. The van der Waals surface area contributed by atoms with Crippen LogP contribution in [-0.4, -0.2) is 42.7 Å². The summed E-state index contributed by atoms with van der Waals surface area (Å²) >= 11 is 0. The fourth-order valence-corrected chi connectivity index (χ4v) is 3.44. The van der Waals surface area contributed by atoms with Gasteiger partial charge < -0.3 is 0 Å². The summed E-state index contributed by atoms with van der Waals surface area (Å²) in [6, 6.07) is 1.48. The molecule has 1 aliphatic heterocycles. The van der Waals surface area contributed by atoms with Gasteiger partial charge in [-0.05, 0) is 33.1 Å². The van der Waals surface area contributed by atoms with E-state index >= 15 is 0 Å². The van der Waals surface area contributed by atoms with E-state index in [1.54, 1.807) is 7.05 Å². The second-order valence-electron chi connectivity index (χ2n) is 4.37. The zero-order valence-electron chi connectivity index (χ0n) is 10.0. The number of hydrogen-bond acceptors (Lipinski definition) is 3. The Labute approximate surface area is 97.8 Å². The lowest BCUT2D eigenvalue weighted by Gasteiger charge is -2.34. The molecule has 0 radical (unpaired) electrons. The second kappa shape index (κ2) is 5.13. The summed E-state index contributed by atoms with van der Waals surface area (Å²) in [4.78, 5) is 0. The molecule has 0 aliphatic carbocycles. The number of nitriles is 1. The molecule has 16 heavy (non-hydrogen) atoms. The molecule has 0 aromatic heterocycles. The molecule has 1 rings (SSSR count). The van der Waals surface area contributed by atoms with Gasteiger partial charge in [-0.25, -0.2) is 0 Å². The topological polar surface area (TPSA) is 64.4 Å². The van der Waals surface area contributed by atoms with Crippen LogP contribution in [-0.2, 0) is 10.2 Å². The van der Waals surface area contributed by atoms with Gasteiger partial charge in [-0.1, -0.05) is 0 Å². The van der Waals surface area contributed by atoms with Crippen molar-refractivity contribution < 1.29 is 8.42 Å². The molecule has 0 aromatic rings. The first-order valence-corrected chi connectivity index (χ1v) is 6.95. The minimum absolute atomic E-state index is 0.0914. The molecule has 0 spiro atoms. The Morgan fingerprint density at radius 2 is 2.06 bits per heavy atom. The van der Waals surface area contributed by atoms with E-state index in [0.29, 0.717) is 13.0 Å². The van der Waals surface area contributed by atoms with Crippen molar-refractivity contribution in [2.75, 3.05) is 13.6 Å². The zero-order chi connectivity index (χ0) is 12.3. The number of nitrogens with zero attached hydrogens (tertiary/aromatic N) is 3. The van der Waals surface area contributed by atoms with E-state index in [0.717, 1.165) is 12.8 Å². The smallest absolute Gasteiger partial charge is 0.197 e. The summed E-state index contributed by atoms with van der Waals surface area (Å²) in [5.74, 6) is 0. The van der Waals surface area contributed by atoms with Crippen molar-refractivity contribution in [1.29, 1.82) is 5.26 Å². The van der Waals surface area contributed by atoms with Crippen LogP contribution in [0.3, 0.4) is 0 Å². The highest BCUT2D eigenvalue weighted by molar-refractivity contribution is 7.86. The fraction of sp³-hybridized carbons (Fsp3) is 0.900. The van der Waals surface area contributed by atoms with Gasteiger partial charge in [0, 0.05) is 19.6 Å². The van der Waals surface area contributed by atoms with Crippen LogP contribution < -0.4 is 0 Å². The number of hydrogen-bond donors (Lipinski definition) is 0. The van der Waals surface area contributed by atoms with E-state index in [1.807, 2.05) is 13.8 Å². The summed E-state index contributed by atoms with van der Waals surface area (Å²) in [7, 11) is -1.92. The second-order valence-corrected chi connectivity index (χ2v) is 6.31. The third-order valence-electron chi connectivity index (χ3n) is 2.99. The first-order chi connectivity index (χ1) is 7.41. The van der Waals surface area contributed by atoms with E-state index in [9.17, 15) is 8.42 Å². The molecule has 0 N–H and O–H groups in total. The largest absolute Gasteiger partial charge is 0.283 e. The van der Waals surface area contributed by atoms with Gasteiger partial charge in [0.1, 0.15) is 6.04 Å². The average molecular weight is 245 g/mol. The molecule has 1 fully saturated rings. The molecule has 0 saturated carbocycles. The van der Waals surface area contributed by atoms with Crippen LogP contribution in [0.15, 0.2) is 0 Å². The molecule has 0 bridgehead atoms. The monoisotopic (exact) mass is 245 g/mol. The molecule has 0 aromatic carbocycles. The Hall–Kier alpha value is -0.640. The molecule has 6 heteroatoms. The third-order valence-corrected chi connectivity index (χ3v) is 5.17. The van der Waals surface area contributed by atoms with Gasteiger partial charge in [0.25, 0.3) is 10.2 Å². The third kappa shape index (κ3) is 2.54. The summed E-state index contributed by atoms with van der Waals surface area (Å²) in [6.45, 7) is 4.10. The van der Waals surface area contributed by atoms with E-state index in [1.165, 1.54) is 8.61 Å². The molecule has 1 atom stereocenters. The summed E-state index contributed by atoms with van der Waals surface area (Å²) < 4.78 is 27.0. The highest BCUT2D eigenvalue weighted by Gasteiger charge is 2.35. The van der Waals surface area contributed by atoms with Gasteiger partial charge >= 0.3 is 0 Å². The van der Waals surface area contributed by atoms with Crippen molar-refractivity contribution in [3.05, 3.63) is 0 Å². The van der Waals surface area contributed by atoms with Crippen LogP contribution in [0.5, 0.6) is 0 Å². The van der Waals surface area contributed by atoms with Crippen LogP contribution in [0.25, 0.3) is 0 Å². The van der Waals surface area contributed by atoms with E-state index in [4.69, 9.17) is 5.26 Å². The van der Waals surface area contributed by atoms with Crippen molar-refractivity contribution in [2.45, 2.75) is 45.2 Å². The lowest BCUT2D eigenvalue weighted by Crippen LogP contribution is -2.50. The number of rotatable bonds is 3. The van der Waals surface area contributed by atoms with Crippen molar-refractivity contribution in [3.63, 3.8) is 0 Å². The molecule has 1 saturated heterocycles. The van der Waals surface area contributed by atoms with E-state index < -0.39 is 16.3 Å². The Bertz CT molecular complexity index is 372. The van der Waals surface area contributed by atoms with Crippen molar-refractivity contribution >= 4 is 10.2 Å². The minimum atomic E-state index is -3.48. The van der Waals surface area contributed by atoms with Crippen LogP contribution in [0.2, 0.25) is 0 Å². The van der Waals surface area contributed by atoms with Crippen LogP contribution in [0, 0.1) is 11.3 Å². The van der Waals surface area contributed by atoms with Gasteiger partial charge in [-0.2, -0.15) is 22.3 Å². The lowest BCUT2D eigenvalue weighted by atomic mass is 10.1. The molecule has 92 valence electrons. The van der Waals surface area contributed by atoms with Gasteiger partial charge in [0.2, 0.25) is 0 Å². The van der Waals surface area contributed by atoms with Gasteiger partial charge in [-0.3, -0.25) is 0 Å². The molecular weight excluding hydrogens is 226 g/mol. The van der Waals surface area contributed by atoms with Gasteiger partial charge in [0.05, 0.1) is 6.07 Å². The van der Waals surface area contributed by atoms with Crippen molar-refractivity contribution in [1.82, 2.24) is 8.61 Å². The van der Waals surface area contributed by atoms with E-state index in [-0.39, 0.29) is 6.04 Å². The van der Waals surface area contributed by atoms with Gasteiger partial charge in [-0.15, -0.1) is 0 Å². The van der Waals surface area contributed by atoms with Crippen LogP contribution in [0.1, 0.15) is 33.1 Å². The molecule has 1 heterocycles. The molecule has 5 nitrogen and oxygen atoms in total. The fourth-order valence-electron chi connectivity index (χ4n) is 1.74. The Kier molecular flexibility index (Phi) is 4.30. The Morgan fingerprint density at radius 1 is 1.44 bits per heavy atom. The average Bonchev–Trinajstić information content (AvgIpc) is 2.27. The number of piperidine rings is 1. The molecular formula is C10H19N3O2S. The maximum atomic E-state index is 12.2. The van der Waals surface area contributed by atoms with Crippen LogP contribution in [0.4, 0.5) is 0 Å². The SMILES string of the molecule is CC(C)N(C)S(=O)(=O)N1CCCCC1C#N. The molecule has 1 aliphatic rings. The Morgan fingerprint density at radius 3 is 2.56 bits per heavy atom. The normalized spacial score (nSPS) is 23.6. The maximum absolute atomic E-state index is 12.2. The highest BCUT2D eigenvalue weighted by atomic mass is 32.2. The predicted octanol–water partition coefficient (Wildman–Crippen LogP) is 0.949. The lowest BCUT2D eigenvalue weighted by molar-refractivity contribution is 0.266. The Balaban J connectivity index is 2.94.